The zero-order chi connectivity index (χ0) is 23.8. The van der Waals surface area contributed by atoms with E-state index >= 15 is 0 Å². The average molecular weight is 453 g/mol. The van der Waals surface area contributed by atoms with E-state index in [-0.39, 0.29) is 42.4 Å². The highest BCUT2D eigenvalue weighted by atomic mass is 16.5. The standard InChI is InChI=1S/C25H32N4O4/c1-5-33-23(31)19-14-21-22(30)29(20-13-16(2)11-12-17(20)3)25(4,15-28(21)27-19)24(32)26-18-9-7-6-8-10-18/h11-14,18H,5-10,15H2,1-4H3,(H,26,32)/t25-/m0/s1. The van der Waals surface area contributed by atoms with Crippen LogP contribution in [0.4, 0.5) is 5.69 Å². The largest absolute Gasteiger partial charge is 0.461 e. The van der Waals surface area contributed by atoms with Crippen molar-refractivity contribution in [2.45, 2.75) is 77.9 Å². The van der Waals surface area contributed by atoms with Crippen LogP contribution in [0.2, 0.25) is 0 Å². The molecular weight excluding hydrogens is 420 g/mol. The van der Waals surface area contributed by atoms with Gasteiger partial charge in [-0.25, -0.2) is 4.79 Å². The summed E-state index contributed by atoms with van der Waals surface area (Å²) in [6, 6.07) is 7.42. The highest BCUT2D eigenvalue weighted by molar-refractivity contribution is 6.12. The topological polar surface area (TPSA) is 93.5 Å². The molecule has 1 aliphatic heterocycles. The lowest BCUT2D eigenvalue weighted by molar-refractivity contribution is -0.127. The molecule has 33 heavy (non-hydrogen) atoms. The number of esters is 1. The van der Waals surface area contributed by atoms with Gasteiger partial charge in [0.25, 0.3) is 5.91 Å². The molecule has 0 spiro atoms. The second kappa shape index (κ2) is 9.00. The van der Waals surface area contributed by atoms with Crippen LogP contribution in [0.5, 0.6) is 0 Å². The van der Waals surface area contributed by atoms with Gasteiger partial charge in [0, 0.05) is 17.8 Å². The van der Waals surface area contributed by atoms with Crippen LogP contribution in [0.15, 0.2) is 24.3 Å². The van der Waals surface area contributed by atoms with Crippen molar-refractivity contribution in [3.05, 3.63) is 46.8 Å². The molecule has 2 amide bonds. The lowest BCUT2D eigenvalue weighted by Crippen LogP contribution is -2.65. The number of nitrogens with zero attached hydrogens (tertiary/aromatic N) is 3. The van der Waals surface area contributed by atoms with Crippen molar-refractivity contribution in [3.8, 4) is 0 Å². The summed E-state index contributed by atoms with van der Waals surface area (Å²) in [5.41, 5.74) is 1.69. The van der Waals surface area contributed by atoms with Gasteiger partial charge in [0.05, 0.1) is 13.2 Å². The number of nitrogens with one attached hydrogen (secondary N) is 1. The number of amides is 2. The normalized spacial score (nSPS) is 21.0. The molecule has 1 fully saturated rings. The quantitative estimate of drug-likeness (QED) is 0.701. The second-order valence-corrected chi connectivity index (χ2v) is 9.31. The van der Waals surface area contributed by atoms with Gasteiger partial charge >= 0.3 is 5.97 Å². The summed E-state index contributed by atoms with van der Waals surface area (Å²) in [6.45, 7) is 7.73. The molecule has 1 N–H and O–H groups in total. The lowest BCUT2D eigenvalue weighted by Gasteiger charge is -2.44. The number of hydrogen-bond donors (Lipinski definition) is 1. The van der Waals surface area contributed by atoms with Crippen LogP contribution in [0.3, 0.4) is 0 Å². The molecule has 8 nitrogen and oxygen atoms in total. The van der Waals surface area contributed by atoms with Crippen LogP contribution in [0.1, 0.15) is 78.1 Å². The number of aromatic nitrogens is 2. The molecule has 0 bridgehead atoms. The SMILES string of the molecule is CCOC(=O)c1cc2n(n1)C[C@@](C)(C(=O)NC1CCCCC1)N(c1cc(C)ccc1C)C2=O. The van der Waals surface area contributed by atoms with Crippen molar-refractivity contribution >= 4 is 23.5 Å². The first-order chi connectivity index (χ1) is 15.7. The van der Waals surface area contributed by atoms with E-state index < -0.39 is 11.5 Å². The fourth-order valence-corrected chi connectivity index (χ4v) is 4.81. The van der Waals surface area contributed by atoms with Gasteiger partial charge < -0.3 is 10.1 Å². The van der Waals surface area contributed by atoms with Gasteiger partial charge in [-0.15, -0.1) is 0 Å². The molecule has 1 saturated carbocycles. The van der Waals surface area contributed by atoms with Crippen LogP contribution in [-0.4, -0.2) is 45.8 Å². The highest BCUT2D eigenvalue weighted by Gasteiger charge is 2.50. The monoisotopic (exact) mass is 452 g/mol. The fraction of sp³-hybridized carbons (Fsp3) is 0.520. The van der Waals surface area contributed by atoms with E-state index in [1.807, 2.05) is 32.0 Å². The van der Waals surface area contributed by atoms with Crippen LogP contribution in [0.25, 0.3) is 0 Å². The second-order valence-electron chi connectivity index (χ2n) is 9.31. The van der Waals surface area contributed by atoms with Gasteiger partial charge in [0.1, 0.15) is 11.2 Å². The van der Waals surface area contributed by atoms with E-state index in [0.29, 0.717) is 5.69 Å². The molecule has 0 unspecified atom stereocenters. The number of anilines is 1. The van der Waals surface area contributed by atoms with E-state index in [0.717, 1.165) is 36.8 Å². The lowest BCUT2D eigenvalue weighted by atomic mass is 9.90. The van der Waals surface area contributed by atoms with E-state index in [1.165, 1.54) is 17.2 Å². The van der Waals surface area contributed by atoms with Gasteiger partial charge in [-0.3, -0.25) is 19.2 Å². The number of aryl methyl sites for hydroxylation is 2. The molecule has 0 radical (unpaired) electrons. The molecule has 4 rings (SSSR count). The van der Waals surface area contributed by atoms with Crippen molar-refractivity contribution in [3.63, 3.8) is 0 Å². The van der Waals surface area contributed by atoms with Crippen molar-refractivity contribution in [1.29, 1.82) is 0 Å². The third kappa shape index (κ3) is 4.26. The molecule has 2 aromatic rings. The number of ether oxygens (including phenoxy) is 1. The van der Waals surface area contributed by atoms with E-state index in [2.05, 4.69) is 10.4 Å². The Morgan fingerprint density at radius 2 is 1.91 bits per heavy atom. The molecule has 2 heterocycles. The van der Waals surface area contributed by atoms with Crippen molar-refractivity contribution in [2.24, 2.45) is 0 Å². The van der Waals surface area contributed by atoms with Gasteiger partial charge in [0.2, 0.25) is 5.91 Å². The Labute approximate surface area is 194 Å². The number of carbonyl (C=O) groups is 3. The molecule has 2 aliphatic rings. The summed E-state index contributed by atoms with van der Waals surface area (Å²) in [5, 5.41) is 7.53. The molecule has 1 aromatic carbocycles. The average Bonchev–Trinajstić information content (AvgIpc) is 3.21. The third-order valence-electron chi connectivity index (χ3n) is 6.67. The number of benzene rings is 1. The summed E-state index contributed by atoms with van der Waals surface area (Å²) < 4.78 is 6.54. The summed E-state index contributed by atoms with van der Waals surface area (Å²) >= 11 is 0. The van der Waals surface area contributed by atoms with Crippen LogP contribution < -0.4 is 10.2 Å². The summed E-state index contributed by atoms with van der Waals surface area (Å²) in [7, 11) is 0. The van der Waals surface area contributed by atoms with Crippen LogP contribution in [0, 0.1) is 13.8 Å². The Morgan fingerprint density at radius 3 is 2.61 bits per heavy atom. The molecule has 1 aliphatic carbocycles. The van der Waals surface area contributed by atoms with Crippen molar-refractivity contribution in [1.82, 2.24) is 15.1 Å². The van der Waals surface area contributed by atoms with Gasteiger partial charge in [-0.1, -0.05) is 31.4 Å². The molecular formula is C25H32N4O4. The Balaban J connectivity index is 1.78. The first kappa shape index (κ1) is 23.0. The van der Waals surface area contributed by atoms with E-state index in [4.69, 9.17) is 4.74 Å². The Kier molecular flexibility index (Phi) is 6.28. The predicted molar refractivity (Wildman–Crippen MR) is 124 cm³/mol. The highest BCUT2D eigenvalue weighted by Crippen LogP contribution is 2.35. The fourth-order valence-electron chi connectivity index (χ4n) is 4.81. The maximum absolute atomic E-state index is 13.8. The summed E-state index contributed by atoms with van der Waals surface area (Å²) in [5.74, 6) is -1.15. The smallest absolute Gasteiger partial charge is 0.358 e. The number of hydrogen-bond acceptors (Lipinski definition) is 5. The Morgan fingerprint density at radius 1 is 1.18 bits per heavy atom. The van der Waals surface area contributed by atoms with Gasteiger partial charge in [-0.2, -0.15) is 5.10 Å². The van der Waals surface area contributed by atoms with Gasteiger partial charge in [-0.05, 0) is 57.7 Å². The predicted octanol–water partition coefficient (Wildman–Crippen LogP) is 3.54. The minimum atomic E-state index is -1.21. The molecule has 0 saturated heterocycles. The number of fused-ring (bicyclic) bond motifs is 1. The van der Waals surface area contributed by atoms with Gasteiger partial charge in [0.15, 0.2) is 5.69 Å². The maximum atomic E-state index is 13.8. The van der Waals surface area contributed by atoms with E-state index in [1.54, 1.807) is 18.7 Å². The zero-order valence-corrected chi connectivity index (χ0v) is 19.8. The molecule has 8 heteroatoms. The molecule has 1 aromatic heterocycles. The van der Waals surface area contributed by atoms with E-state index in [9.17, 15) is 14.4 Å². The minimum Gasteiger partial charge on any atom is -0.461 e. The maximum Gasteiger partial charge on any atom is 0.358 e. The summed E-state index contributed by atoms with van der Waals surface area (Å²) in [4.78, 5) is 41.4. The van der Waals surface area contributed by atoms with Crippen molar-refractivity contribution in [2.75, 3.05) is 11.5 Å². The van der Waals surface area contributed by atoms with Crippen LogP contribution >= 0.6 is 0 Å². The van der Waals surface area contributed by atoms with Crippen molar-refractivity contribution < 1.29 is 19.1 Å². The Bertz CT molecular complexity index is 1090. The molecule has 176 valence electrons. The Hall–Kier alpha value is -3.16. The number of carbonyl (C=O) groups excluding carboxylic acids is 3. The number of rotatable bonds is 5. The summed E-state index contributed by atoms with van der Waals surface area (Å²) in [6.07, 6.45) is 5.25. The minimum absolute atomic E-state index is 0.0676. The zero-order valence-electron chi connectivity index (χ0n) is 19.8. The third-order valence-corrected chi connectivity index (χ3v) is 6.67. The molecule has 1 atom stereocenters. The first-order valence-electron chi connectivity index (χ1n) is 11.7. The first-order valence-corrected chi connectivity index (χ1v) is 11.7. The van der Waals surface area contributed by atoms with Crippen LogP contribution in [-0.2, 0) is 16.1 Å².